The number of halogens is 3. The lowest BCUT2D eigenvalue weighted by Crippen LogP contribution is -2.23. The number of rotatable bonds is 4. The van der Waals surface area contributed by atoms with Gasteiger partial charge in [0.25, 0.3) is 15.7 Å². The van der Waals surface area contributed by atoms with Gasteiger partial charge in [0.15, 0.2) is 5.13 Å². The molecule has 1 N–H and O–H groups in total. The van der Waals surface area contributed by atoms with Gasteiger partial charge in [-0.05, 0) is 31.2 Å². The van der Waals surface area contributed by atoms with Crippen molar-refractivity contribution in [2.75, 3.05) is 5.32 Å². The molecule has 0 bridgehead atoms. The van der Waals surface area contributed by atoms with Crippen LogP contribution in [0.25, 0.3) is 10.6 Å². The van der Waals surface area contributed by atoms with Gasteiger partial charge < -0.3 is 0 Å². The third-order valence-electron chi connectivity index (χ3n) is 3.33. The average molecular weight is 433 g/mol. The quantitative estimate of drug-likeness (QED) is 0.669. The lowest BCUT2D eigenvalue weighted by atomic mass is 10.2. The molecule has 1 aromatic carbocycles. The maximum atomic E-state index is 12.5. The van der Waals surface area contributed by atoms with Crippen molar-refractivity contribution in [1.29, 1.82) is 0 Å². The average Bonchev–Trinajstić information content (AvgIpc) is 3.23. The van der Waals surface area contributed by atoms with Crippen LogP contribution in [0.1, 0.15) is 15.4 Å². The minimum Gasteiger partial charge on any atom is -0.298 e. The Kier molecular flexibility index (Phi) is 5.06. The molecule has 0 unspecified atom stereocenters. The van der Waals surface area contributed by atoms with Gasteiger partial charge in [0, 0.05) is 17.1 Å². The SMILES string of the molecule is Cc1ncc(-c2csc(NC(=O)c3ccc(S(=O)(=O)C(F)(F)F)cc3)n2)s1. The van der Waals surface area contributed by atoms with Crippen molar-refractivity contribution < 1.29 is 26.4 Å². The molecular formula is C15H10F3N3O3S3. The van der Waals surface area contributed by atoms with E-state index in [0.717, 1.165) is 34.2 Å². The Hall–Kier alpha value is -2.31. The smallest absolute Gasteiger partial charge is 0.298 e. The van der Waals surface area contributed by atoms with E-state index >= 15 is 0 Å². The molecule has 0 saturated carbocycles. The minimum absolute atomic E-state index is 0.00140. The highest BCUT2D eigenvalue weighted by Gasteiger charge is 2.46. The summed E-state index contributed by atoms with van der Waals surface area (Å²) in [6.45, 7) is 1.85. The van der Waals surface area contributed by atoms with Crippen LogP contribution in [0.3, 0.4) is 0 Å². The van der Waals surface area contributed by atoms with E-state index in [9.17, 15) is 26.4 Å². The predicted octanol–water partition coefficient (Wildman–Crippen LogP) is 4.12. The molecule has 0 aliphatic heterocycles. The van der Waals surface area contributed by atoms with Crippen molar-refractivity contribution in [2.45, 2.75) is 17.3 Å². The van der Waals surface area contributed by atoms with Crippen molar-refractivity contribution in [1.82, 2.24) is 9.97 Å². The molecule has 6 nitrogen and oxygen atoms in total. The van der Waals surface area contributed by atoms with Crippen molar-refractivity contribution in [3.05, 3.63) is 46.4 Å². The van der Waals surface area contributed by atoms with Gasteiger partial charge in [-0.25, -0.2) is 18.4 Å². The molecule has 1 amide bonds. The normalized spacial score (nSPS) is 12.1. The highest BCUT2D eigenvalue weighted by molar-refractivity contribution is 7.92. The van der Waals surface area contributed by atoms with Crippen LogP contribution in [0.5, 0.6) is 0 Å². The maximum Gasteiger partial charge on any atom is 0.501 e. The summed E-state index contributed by atoms with van der Waals surface area (Å²) < 4.78 is 60.2. The summed E-state index contributed by atoms with van der Waals surface area (Å²) >= 11 is 2.63. The van der Waals surface area contributed by atoms with Crippen LogP contribution >= 0.6 is 22.7 Å². The fraction of sp³-hybridized carbons (Fsp3) is 0.133. The second kappa shape index (κ2) is 7.02. The summed E-state index contributed by atoms with van der Waals surface area (Å²) in [5, 5.41) is 5.43. The molecular weight excluding hydrogens is 423 g/mol. The van der Waals surface area contributed by atoms with Gasteiger partial charge >= 0.3 is 5.51 Å². The second-order valence-corrected chi connectivity index (χ2v) is 9.24. The van der Waals surface area contributed by atoms with Gasteiger partial charge in [0.1, 0.15) is 0 Å². The van der Waals surface area contributed by atoms with E-state index in [4.69, 9.17) is 0 Å². The summed E-state index contributed by atoms with van der Waals surface area (Å²) in [5.41, 5.74) is -4.75. The number of carbonyl (C=O) groups is 1. The van der Waals surface area contributed by atoms with Crippen molar-refractivity contribution in [3.63, 3.8) is 0 Å². The molecule has 3 aromatic rings. The van der Waals surface area contributed by atoms with E-state index in [2.05, 4.69) is 15.3 Å². The molecule has 0 aliphatic carbocycles. The van der Waals surface area contributed by atoms with Gasteiger partial charge in [-0.15, -0.1) is 22.7 Å². The Balaban J connectivity index is 1.75. The van der Waals surface area contributed by atoms with E-state index < -0.39 is 26.1 Å². The number of sulfone groups is 1. The molecule has 0 spiro atoms. The van der Waals surface area contributed by atoms with E-state index in [1.807, 2.05) is 6.92 Å². The molecule has 0 aliphatic rings. The van der Waals surface area contributed by atoms with Crippen molar-refractivity contribution in [2.24, 2.45) is 0 Å². The topological polar surface area (TPSA) is 89.0 Å². The van der Waals surface area contributed by atoms with Gasteiger partial charge in [0.2, 0.25) is 0 Å². The zero-order valence-corrected chi connectivity index (χ0v) is 15.9. The molecule has 3 rings (SSSR count). The number of alkyl halides is 3. The first-order valence-electron chi connectivity index (χ1n) is 7.19. The third kappa shape index (κ3) is 4.01. The van der Waals surface area contributed by atoms with E-state index in [0.29, 0.717) is 10.8 Å². The van der Waals surface area contributed by atoms with Crippen LogP contribution < -0.4 is 5.32 Å². The number of carbonyl (C=O) groups excluding carboxylic acids is 1. The summed E-state index contributed by atoms with van der Waals surface area (Å²) in [5.74, 6) is -0.618. The van der Waals surface area contributed by atoms with Crippen molar-refractivity contribution >= 4 is 43.5 Å². The summed E-state index contributed by atoms with van der Waals surface area (Å²) in [6.07, 6.45) is 1.67. The number of aromatic nitrogens is 2. The van der Waals surface area contributed by atoms with E-state index in [-0.39, 0.29) is 5.56 Å². The Morgan fingerprint density at radius 3 is 2.41 bits per heavy atom. The Morgan fingerprint density at radius 2 is 1.85 bits per heavy atom. The van der Waals surface area contributed by atoms with Crippen LogP contribution in [0.2, 0.25) is 0 Å². The maximum absolute atomic E-state index is 12.5. The zero-order chi connectivity index (χ0) is 19.8. The molecule has 0 radical (unpaired) electrons. The monoisotopic (exact) mass is 433 g/mol. The number of nitrogens with one attached hydrogen (secondary N) is 1. The largest absolute Gasteiger partial charge is 0.501 e. The first-order valence-corrected chi connectivity index (χ1v) is 10.4. The fourth-order valence-electron chi connectivity index (χ4n) is 2.01. The number of amides is 1. The van der Waals surface area contributed by atoms with E-state index in [1.165, 1.54) is 22.7 Å². The summed E-state index contributed by atoms with van der Waals surface area (Å²) in [4.78, 5) is 20.5. The molecule has 142 valence electrons. The van der Waals surface area contributed by atoms with Gasteiger partial charge in [-0.2, -0.15) is 13.2 Å². The molecule has 0 atom stereocenters. The fourth-order valence-corrected chi connectivity index (χ4v) is 4.29. The predicted molar refractivity (Wildman–Crippen MR) is 95.6 cm³/mol. The number of hydrogen-bond donors (Lipinski definition) is 1. The third-order valence-corrected chi connectivity index (χ3v) is 6.53. The first-order chi connectivity index (χ1) is 12.6. The van der Waals surface area contributed by atoms with Gasteiger partial charge in [0.05, 0.1) is 20.5 Å². The number of nitrogens with zero attached hydrogens (tertiary/aromatic N) is 2. The van der Waals surface area contributed by atoms with Crippen LogP contribution in [0.4, 0.5) is 18.3 Å². The van der Waals surface area contributed by atoms with E-state index in [1.54, 1.807) is 11.6 Å². The summed E-state index contributed by atoms with van der Waals surface area (Å²) in [7, 11) is -5.45. The first kappa shape index (κ1) is 19.5. The van der Waals surface area contributed by atoms with Crippen LogP contribution in [0.15, 0.2) is 40.7 Å². The number of aryl methyl sites for hydroxylation is 1. The zero-order valence-electron chi connectivity index (χ0n) is 13.4. The van der Waals surface area contributed by atoms with Crippen LogP contribution in [-0.4, -0.2) is 29.8 Å². The Bertz CT molecular complexity index is 1090. The number of thiazole rings is 2. The molecule has 2 heterocycles. The van der Waals surface area contributed by atoms with Gasteiger partial charge in [-0.1, -0.05) is 0 Å². The number of benzene rings is 1. The highest BCUT2D eigenvalue weighted by Crippen LogP contribution is 2.31. The van der Waals surface area contributed by atoms with Gasteiger partial charge in [-0.3, -0.25) is 10.1 Å². The highest BCUT2D eigenvalue weighted by atomic mass is 32.2. The number of anilines is 1. The molecule has 2 aromatic heterocycles. The lowest BCUT2D eigenvalue weighted by molar-refractivity contribution is -0.0436. The lowest BCUT2D eigenvalue weighted by Gasteiger charge is -2.08. The van der Waals surface area contributed by atoms with Crippen molar-refractivity contribution in [3.8, 4) is 10.6 Å². The standard InChI is InChI=1S/C15H10F3N3O3S3/c1-8-19-6-12(26-8)11-7-25-14(20-11)21-13(22)9-2-4-10(5-3-9)27(23,24)15(16,17)18/h2-7H,1H3,(H,20,21,22). The number of hydrogen-bond acceptors (Lipinski definition) is 7. The van der Waals surface area contributed by atoms with Crippen LogP contribution in [0, 0.1) is 6.92 Å². The van der Waals surface area contributed by atoms with Crippen LogP contribution in [-0.2, 0) is 9.84 Å². The Morgan fingerprint density at radius 1 is 1.19 bits per heavy atom. The summed E-state index contributed by atoms with van der Waals surface area (Å²) in [6, 6.07) is 3.50. The molecule has 0 saturated heterocycles. The Labute approximate surface area is 159 Å². The molecule has 12 heteroatoms. The molecule has 27 heavy (non-hydrogen) atoms. The minimum atomic E-state index is -5.45. The second-order valence-electron chi connectivity index (χ2n) is 5.21. The molecule has 0 fully saturated rings.